The van der Waals surface area contributed by atoms with Crippen LogP contribution in [-0.2, 0) is 0 Å². The van der Waals surface area contributed by atoms with Crippen LogP contribution in [0.1, 0.15) is 22.3 Å². The van der Waals surface area contributed by atoms with Crippen molar-refractivity contribution >= 4 is 0 Å². The van der Waals surface area contributed by atoms with E-state index in [1.807, 2.05) is 12.1 Å². The molecule has 6 heteroatoms. The molecule has 0 aliphatic heterocycles. The minimum atomic E-state index is -0.746. The molecule has 130 valence electrons. The van der Waals surface area contributed by atoms with E-state index in [-0.39, 0.29) is 33.4 Å². The van der Waals surface area contributed by atoms with E-state index in [0.717, 1.165) is 12.1 Å². The van der Waals surface area contributed by atoms with E-state index < -0.39 is 11.6 Å². The zero-order valence-corrected chi connectivity index (χ0v) is 14.2. The zero-order chi connectivity index (χ0) is 20.3. The van der Waals surface area contributed by atoms with Gasteiger partial charge in [0.1, 0.15) is 23.8 Å². The summed E-state index contributed by atoms with van der Waals surface area (Å²) < 4.78 is 28.0. The molecule has 0 saturated heterocycles. The van der Waals surface area contributed by atoms with Gasteiger partial charge in [-0.25, -0.2) is 8.78 Å². The lowest BCUT2D eigenvalue weighted by atomic mass is 9.91. The molecule has 0 aliphatic carbocycles. The van der Waals surface area contributed by atoms with Crippen molar-refractivity contribution < 1.29 is 8.78 Å². The molecule has 4 nitrogen and oxygen atoms in total. The average Bonchev–Trinajstić information content (AvgIpc) is 2.73. The zero-order valence-electron chi connectivity index (χ0n) is 14.2. The van der Waals surface area contributed by atoms with E-state index in [1.165, 1.54) is 36.4 Å². The van der Waals surface area contributed by atoms with Gasteiger partial charge >= 0.3 is 0 Å². The van der Waals surface area contributed by atoms with Crippen LogP contribution in [0.15, 0.2) is 48.5 Å². The van der Waals surface area contributed by atoms with Crippen molar-refractivity contribution in [3.63, 3.8) is 0 Å². The molecular formula is C22H8F2N4. The lowest BCUT2D eigenvalue weighted by Crippen LogP contribution is -1.96. The molecule has 0 atom stereocenters. The van der Waals surface area contributed by atoms with Crippen LogP contribution in [0.4, 0.5) is 8.78 Å². The van der Waals surface area contributed by atoms with E-state index in [9.17, 15) is 29.8 Å². The Labute approximate surface area is 159 Å². The second-order valence-electron chi connectivity index (χ2n) is 5.71. The summed E-state index contributed by atoms with van der Waals surface area (Å²) in [4.78, 5) is 0. The Morgan fingerprint density at radius 3 is 1.14 bits per heavy atom. The van der Waals surface area contributed by atoms with Crippen LogP contribution < -0.4 is 0 Å². The maximum atomic E-state index is 14.0. The Morgan fingerprint density at radius 1 is 0.500 bits per heavy atom. The van der Waals surface area contributed by atoms with Gasteiger partial charge in [0, 0.05) is 11.1 Å². The normalized spacial score (nSPS) is 9.64. The highest BCUT2D eigenvalue weighted by atomic mass is 19.1. The predicted octanol–water partition coefficient (Wildman–Crippen LogP) is 4.79. The van der Waals surface area contributed by atoms with Crippen molar-refractivity contribution in [1.29, 1.82) is 21.0 Å². The van der Waals surface area contributed by atoms with Gasteiger partial charge in [-0.1, -0.05) is 24.3 Å². The van der Waals surface area contributed by atoms with Gasteiger partial charge in [0.05, 0.1) is 34.4 Å². The molecule has 0 fully saturated rings. The fraction of sp³-hybridized carbons (Fsp3) is 0. The van der Waals surface area contributed by atoms with Gasteiger partial charge in [0.25, 0.3) is 0 Å². The summed E-state index contributed by atoms with van der Waals surface area (Å²) in [5.41, 5.74) is 0.864. The average molecular weight is 366 g/mol. The highest BCUT2D eigenvalue weighted by molar-refractivity contribution is 5.81. The molecule has 0 saturated carbocycles. The number of halogens is 2. The molecule has 0 amide bonds. The number of benzene rings is 3. The summed E-state index contributed by atoms with van der Waals surface area (Å²) in [6.07, 6.45) is 0. The topological polar surface area (TPSA) is 95.2 Å². The second-order valence-corrected chi connectivity index (χ2v) is 5.71. The summed E-state index contributed by atoms with van der Waals surface area (Å²) in [6.45, 7) is 0. The van der Waals surface area contributed by atoms with Gasteiger partial charge in [-0.15, -0.1) is 0 Å². The molecule has 0 unspecified atom stereocenters. The Hall–Kier alpha value is -4.52. The third-order valence-electron chi connectivity index (χ3n) is 4.24. The van der Waals surface area contributed by atoms with Crippen molar-refractivity contribution in [2.24, 2.45) is 0 Å². The molecule has 0 N–H and O–H groups in total. The van der Waals surface area contributed by atoms with Crippen LogP contribution in [-0.4, -0.2) is 0 Å². The van der Waals surface area contributed by atoms with Crippen LogP contribution in [0.2, 0.25) is 0 Å². The molecular weight excluding hydrogens is 358 g/mol. The molecule has 3 rings (SSSR count). The molecule has 0 spiro atoms. The van der Waals surface area contributed by atoms with E-state index >= 15 is 0 Å². The van der Waals surface area contributed by atoms with Gasteiger partial charge in [0.15, 0.2) is 0 Å². The van der Waals surface area contributed by atoms with Crippen molar-refractivity contribution in [1.82, 2.24) is 0 Å². The van der Waals surface area contributed by atoms with Crippen molar-refractivity contribution in [2.45, 2.75) is 0 Å². The first-order valence-electron chi connectivity index (χ1n) is 7.92. The Balaban J connectivity index is 2.23. The van der Waals surface area contributed by atoms with E-state index in [4.69, 9.17) is 0 Å². The van der Waals surface area contributed by atoms with Crippen LogP contribution in [0, 0.1) is 57.0 Å². The third-order valence-corrected chi connectivity index (χ3v) is 4.24. The van der Waals surface area contributed by atoms with E-state index in [0.29, 0.717) is 11.1 Å². The molecule has 0 heterocycles. The monoisotopic (exact) mass is 366 g/mol. The SMILES string of the molecule is N#Cc1ccc(F)c(C#N)c1-c1ccc(-c2c(C#N)ccc(F)c2C#N)cc1. The Kier molecular flexibility index (Phi) is 4.82. The number of hydrogen-bond donors (Lipinski definition) is 0. The van der Waals surface area contributed by atoms with E-state index in [1.54, 1.807) is 12.1 Å². The smallest absolute Gasteiger partial charge is 0.141 e. The minimum Gasteiger partial charge on any atom is -0.206 e. The standard InChI is InChI=1S/C22H8F2N4/c23-19-7-5-15(9-25)21(17(19)11-27)13-1-2-14(4-3-13)22-16(10-26)6-8-20(24)18(22)12-28/h1-8H. The first kappa shape index (κ1) is 18.3. The third kappa shape index (κ3) is 2.93. The van der Waals surface area contributed by atoms with Gasteiger partial charge in [-0.05, 0) is 35.4 Å². The highest BCUT2D eigenvalue weighted by Crippen LogP contribution is 2.33. The van der Waals surface area contributed by atoms with Crippen LogP contribution in [0.25, 0.3) is 22.3 Å². The summed E-state index contributed by atoms with van der Waals surface area (Å²) in [7, 11) is 0. The van der Waals surface area contributed by atoms with Crippen LogP contribution in [0.3, 0.4) is 0 Å². The first-order valence-corrected chi connectivity index (χ1v) is 7.92. The Bertz CT molecular complexity index is 1160. The lowest BCUT2D eigenvalue weighted by molar-refractivity contribution is 0.624. The fourth-order valence-electron chi connectivity index (χ4n) is 2.96. The molecule has 3 aromatic rings. The summed E-state index contributed by atoms with van der Waals surface area (Å²) in [5, 5.41) is 37.1. The van der Waals surface area contributed by atoms with Crippen LogP contribution >= 0.6 is 0 Å². The maximum Gasteiger partial charge on any atom is 0.141 e. The van der Waals surface area contributed by atoms with Crippen molar-refractivity contribution in [3.05, 3.63) is 82.4 Å². The molecule has 0 aromatic heterocycles. The first-order chi connectivity index (χ1) is 13.5. The quantitative estimate of drug-likeness (QED) is 0.652. The van der Waals surface area contributed by atoms with E-state index in [2.05, 4.69) is 0 Å². The number of rotatable bonds is 2. The molecule has 3 aromatic carbocycles. The largest absolute Gasteiger partial charge is 0.206 e. The summed E-state index contributed by atoms with van der Waals surface area (Å²) >= 11 is 0. The molecule has 0 bridgehead atoms. The molecule has 0 radical (unpaired) electrons. The van der Waals surface area contributed by atoms with Gasteiger partial charge in [-0.2, -0.15) is 21.0 Å². The number of nitrogens with zero attached hydrogens (tertiary/aromatic N) is 4. The van der Waals surface area contributed by atoms with Crippen LogP contribution in [0.5, 0.6) is 0 Å². The number of nitriles is 4. The lowest BCUT2D eigenvalue weighted by Gasteiger charge is -2.11. The molecule has 28 heavy (non-hydrogen) atoms. The predicted molar refractivity (Wildman–Crippen MR) is 96.1 cm³/mol. The molecule has 0 aliphatic rings. The van der Waals surface area contributed by atoms with Gasteiger partial charge < -0.3 is 0 Å². The second kappa shape index (κ2) is 7.38. The summed E-state index contributed by atoms with van der Waals surface area (Å²) in [5.74, 6) is -1.49. The Morgan fingerprint density at radius 2 is 0.857 bits per heavy atom. The maximum absolute atomic E-state index is 14.0. The van der Waals surface area contributed by atoms with Crippen molar-refractivity contribution in [2.75, 3.05) is 0 Å². The minimum absolute atomic E-state index is 0.131. The van der Waals surface area contributed by atoms with Crippen molar-refractivity contribution in [3.8, 4) is 46.5 Å². The highest BCUT2D eigenvalue weighted by Gasteiger charge is 2.18. The van der Waals surface area contributed by atoms with Gasteiger partial charge in [0.2, 0.25) is 0 Å². The summed E-state index contributed by atoms with van der Waals surface area (Å²) in [6, 6.07) is 18.2. The fourth-order valence-corrected chi connectivity index (χ4v) is 2.96. The number of hydrogen-bond acceptors (Lipinski definition) is 4. The van der Waals surface area contributed by atoms with Gasteiger partial charge in [-0.3, -0.25) is 0 Å².